The molecule has 0 spiro atoms. The lowest BCUT2D eigenvalue weighted by Gasteiger charge is -2.67. The van der Waals surface area contributed by atoms with E-state index in [1.807, 2.05) is 0 Å². The molecule has 0 amide bonds. The Labute approximate surface area is 256 Å². The van der Waals surface area contributed by atoms with Gasteiger partial charge < -0.3 is 58.7 Å². The summed E-state index contributed by atoms with van der Waals surface area (Å²) < 4.78 is 40.7. The van der Waals surface area contributed by atoms with Crippen molar-refractivity contribution in [1.29, 1.82) is 0 Å². The Balaban J connectivity index is 1.10. The van der Waals surface area contributed by atoms with Crippen LogP contribution in [0.2, 0.25) is 0 Å². The molecule has 14 heteroatoms. The predicted octanol–water partition coefficient (Wildman–Crippen LogP) is 0.221. The van der Waals surface area contributed by atoms with E-state index in [1.54, 1.807) is 19.1 Å². The molecule has 6 bridgehead atoms. The first-order chi connectivity index (χ1) is 21.4. The molecular formula is C31H34O14. The van der Waals surface area contributed by atoms with Crippen LogP contribution in [0.5, 0.6) is 11.5 Å². The number of carbonyl (C=O) groups excluding carboxylic acids is 2. The van der Waals surface area contributed by atoms with Gasteiger partial charge in [0.15, 0.2) is 18.4 Å². The number of aliphatic hydroxyl groups is 4. The standard InChI is InChI=1S/C31H34O14/c1-28-13-30(38)20-11-31(28,29(20,27(44-28)45-30)14-41-25(37)15-3-7-17(32)8-4-15)43-26-23(35)22(34)21(33)19(42-26)12-40-24(36)16-5-9-18(39-2)10-6-16/h3-10,19-23,26-27,32-35,38H,11-14H2,1-2H3/t19-,20?,21-,22+,23-,26+,27-,28+,29+,30-,31+/m1/s1. The van der Waals surface area contributed by atoms with Crippen LogP contribution < -0.4 is 4.74 Å². The zero-order chi connectivity index (χ0) is 31.9. The van der Waals surface area contributed by atoms with E-state index in [9.17, 15) is 35.1 Å². The maximum absolute atomic E-state index is 12.9. The van der Waals surface area contributed by atoms with Crippen LogP contribution in [0, 0.1) is 11.3 Å². The highest BCUT2D eigenvalue weighted by Crippen LogP contribution is 2.81. The summed E-state index contributed by atoms with van der Waals surface area (Å²) in [5, 5.41) is 53.3. The summed E-state index contributed by atoms with van der Waals surface area (Å²) in [6.07, 6.45) is -8.70. The number of methoxy groups -OCH3 is 1. The molecule has 9 rings (SSSR count). The highest BCUT2D eigenvalue weighted by molar-refractivity contribution is 5.90. The van der Waals surface area contributed by atoms with Gasteiger partial charge in [-0.2, -0.15) is 0 Å². The van der Waals surface area contributed by atoms with E-state index in [4.69, 9.17) is 33.2 Å². The number of aliphatic hydroxyl groups excluding tert-OH is 3. The summed E-state index contributed by atoms with van der Waals surface area (Å²) in [5.74, 6) is -2.99. The second-order valence-electron chi connectivity index (χ2n) is 12.5. The van der Waals surface area contributed by atoms with Crippen molar-refractivity contribution < 1.29 is 68.3 Å². The van der Waals surface area contributed by atoms with Crippen molar-refractivity contribution in [3.05, 3.63) is 59.7 Å². The number of esters is 2. The zero-order valence-electron chi connectivity index (χ0n) is 24.4. The third-order valence-electron chi connectivity index (χ3n) is 10.2. The molecule has 5 N–H and O–H groups in total. The second-order valence-corrected chi connectivity index (χ2v) is 12.5. The monoisotopic (exact) mass is 630 g/mol. The summed E-state index contributed by atoms with van der Waals surface area (Å²) in [5.41, 5.74) is -3.29. The molecule has 4 aliphatic heterocycles. The molecule has 242 valence electrons. The molecule has 1 unspecified atom stereocenters. The van der Waals surface area contributed by atoms with E-state index in [1.165, 1.54) is 43.5 Å². The minimum atomic E-state index is -1.73. The molecule has 11 atom stereocenters. The first-order valence-electron chi connectivity index (χ1n) is 14.6. The smallest absolute Gasteiger partial charge is 0.338 e. The van der Waals surface area contributed by atoms with Crippen molar-refractivity contribution in [2.45, 2.75) is 73.8 Å². The molecule has 7 fully saturated rings. The Morgan fingerprint density at radius 1 is 0.911 bits per heavy atom. The summed E-state index contributed by atoms with van der Waals surface area (Å²) in [7, 11) is 1.49. The number of carbonyl (C=O) groups is 2. The van der Waals surface area contributed by atoms with Crippen LogP contribution in [0.1, 0.15) is 40.5 Å². The van der Waals surface area contributed by atoms with Crippen LogP contribution in [0.25, 0.3) is 0 Å². The lowest BCUT2D eigenvalue weighted by atomic mass is 9.41. The molecule has 14 nitrogen and oxygen atoms in total. The number of phenolic OH excluding ortho intramolecular Hbond substituents is 1. The molecule has 3 aliphatic carbocycles. The molecule has 2 aromatic rings. The molecule has 0 radical (unpaired) electrons. The molecule has 7 aliphatic rings. The van der Waals surface area contributed by atoms with E-state index in [2.05, 4.69) is 0 Å². The average Bonchev–Trinajstić information content (AvgIpc) is 3.21. The van der Waals surface area contributed by atoms with Gasteiger partial charge in [-0.05, 0) is 61.9 Å². The van der Waals surface area contributed by atoms with Gasteiger partial charge in [-0.1, -0.05) is 0 Å². The fourth-order valence-corrected chi connectivity index (χ4v) is 7.85. The second kappa shape index (κ2) is 10.3. The lowest BCUT2D eigenvalue weighted by molar-refractivity contribution is -0.424. The van der Waals surface area contributed by atoms with Crippen molar-refractivity contribution in [3.8, 4) is 11.5 Å². The van der Waals surface area contributed by atoms with Crippen molar-refractivity contribution >= 4 is 11.9 Å². The van der Waals surface area contributed by atoms with Gasteiger partial charge in [0.1, 0.15) is 60.3 Å². The molecule has 4 saturated heterocycles. The highest BCUT2D eigenvalue weighted by atomic mass is 16.8. The summed E-state index contributed by atoms with van der Waals surface area (Å²) in [4.78, 5) is 25.6. The van der Waals surface area contributed by atoms with Gasteiger partial charge in [0.05, 0.1) is 23.7 Å². The van der Waals surface area contributed by atoms with E-state index in [0.29, 0.717) is 5.75 Å². The van der Waals surface area contributed by atoms with E-state index < -0.39 is 83.9 Å². The van der Waals surface area contributed by atoms with Crippen LogP contribution in [-0.2, 0) is 28.4 Å². The maximum Gasteiger partial charge on any atom is 0.338 e. The van der Waals surface area contributed by atoms with Gasteiger partial charge in [0.25, 0.3) is 0 Å². The summed E-state index contributed by atoms with van der Waals surface area (Å²) in [6.45, 7) is 0.970. The number of phenols is 1. The number of hydrogen-bond donors (Lipinski definition) is 5. The fourth-order valence-electron chi connectivity index (χ4n) is 7.85. The average molecular weight is 631 g/mol. The normalized spacial score (nSPS) is 42.2. The van der Waals surface area contributed by atoms with Crippen LogP contribution in [0.3, 0.4) is 0 Å². The molecule has 2 aromatic carbocycles. The van der Waals surface area contributed by atoms with Crippen LogP contribution >= 0.6 is 0 Å². The Morgan fingerprint density at radius 2 is 1.56 bits per heavy atom. The van der Waals surface area contributed by atoms with E-state index >= 15 is 0 Å². The van der Waals surface area contributed by atoms with Crippen LogP contribution in [-0.4, -0.2) is 112 Å². The number of benzene rings is 2. The van der Waals surface area contributed by atoms with Gasteiger partial charge in [-0.25, -0.2) is 9.59 Å². The Morgan fingerprint density at radius 3 is 2.22 bits per heavy atom. The lowest BCUT2D eigenvalue weighted by Crippen LogP contribution is -2.80. The first kappa shape index (κ1) is 30.3. The SMILES string of the molecule is COc1ccc(C(=O)OC[C@H]2O[C@@H](O[C@@]34CC5[C@@]6(O)C[C@]3(C)O[C@H](O6)[C@]54COC(=O)c3ccc(O)cc3)[C@H](O)[C@@H](O)[C@@H]2O)cc1. The highest BCUT2D eigenvalue weighted by Gasteiger charge is 2.94. The molecule has 4 heterocycles. The van der Waals surface area contributed by atoms with Crippen LogP contribution in [0.4, 0.5) is 0 Å². The van der Waals surface area contributed by atoms with Gasteiger partial charge in [0, 0.05) is 12.3 Å². The summed E-state index contributed by atoms with van der Waals surface area (Å²) >= 11 is 0. The number of hydrogen-bond acceptors (Lipinski definition) is 14. The zero-order valence-corrected chi connectivity index (χ0v) is 24.4. The quantitative estimate of drug-likeness (QED) is 0.236. The predicted molar refractivity (Wildman–Crippen MR) is 147 cm³/mol. The molecule has 0 aromatic heterocycles. The Kier molecular flexibility index (Phi) is 6.96. The topological polar surface area (TPSA) is 200 Å². The Bertz CT molecular complexity index is 1480. The largest absolute Gasteiger partial charge is 0.508 e. The third-order valence-corrected chi connectivity index (χ3v) is 10.2. The maximum atomic E-state index is 12.9. The molecule has 3 saturated carbocycles. The van der Waals surface area contributed by atoms with Gasteiger partial charge in [-0.15, -0.1) is 0 Å². The van der Waals surface area contributed by atoms with Crippen LogP contribution in [0.15, 0.2) is 48.5 Å². The minimum absolute atomic E-state index is 0.0189. The first-order valence-corrected chi connectivity index (χ1v) is 14.6. The molecule has 45 heavy (non-hydrogen) atoms. The Hall–Kier alpha value is -3.34. The number of ether oxygens (including phenoxy) is 7. The van der Waals surface area contributed by atoms with E-state index in [0.717, 1.165) is 0 Å². The third kappa shape index (κ3) is 4.24. The summed E-state index contributed by atoms with van der Waals surface area (Å²) in [6, 6.07) is 11.7. The van der Waals surface area contributed by atoms with Crippen molar-refractivity contribution in [1.82, 2.24) is 0 Å². The van der Waals surface area contributed by atoms with Gasteiger partial charge in [0.2, 0.25) is 0 Å². The van der Waals surface area contributed by atoms with Gasteiger partial charge >= 0.3 is 11.9 Å². The number of rotatable bonds is 9. The fraction of sp³-hybridized carbons (Fsp3) is 0.548. The van der Waals surface area contributed by atoms with Crippen molar-refractivity contribution in [3.63, 3.8) is 0 Å². The minimum Gasteiger partial charge on any atom is -0.508 e. The van der Waals surface area contributed by atoms with Crippen molar-refractivity contribution in [2.75, 3.05) is 20.3 Å². The van der Waals surface area contributed by atoms with Gasteiger partial charge in [-0.3, -0.25) is 0 Å². The number of aromatic hydroxyl groups is 1. The van der Waals surface area contributed by atoms with E-state index in [-0.39, 0.29) is 36.3 Å². The van der Waals surface area contributed by atoms with Crippen molar-refractivity contribution in [2.24, 2.45) is 11.3 Å². The molecular weight excluding hydrogens is 596 g/mol.